The van der Waals surface area contributed by atoms with Crippen molar-refractivity contribution < 1.29 is 4.79 Å². The molecule has 0 spiro atoms. The molecule has 3 nitrogen and oxygen atoms in total. The topological polar surface area (TPSA) is 41.1 Å². The second kappa shape index (κ2) is 6.34. The predicted molar refractivity (Wildman–Crippen MR) is 77.8 cm³/mol. The molecule has 18 heavy (non-hydrogen) atoms. The summed E-state index contributed by atoms with van der Waals surface area (Å²) in [5.41, 5.74) is 2.00. The Kier molecular flexibility index (Phi) is 4.78. The van der Waals surface area contributed by atoms with Gasteiger partial charge in [-0.3, -0.25) is 4.79 Å². The van der Waals surface area contributed by atoms with Crippen molar-refractivity contribution in [2.24, 2.45) is 0 Å². The molecule has 1 saturated carbocycles. The maximum atomic E-state index is 11.8. The first-order valence-corrected chi connectivity index (χ1v) is 7.24. The van der Waals surface area contributed by atoms with E-state index in [0.717, 1.165) is 10.2 Å². The summed E-state index contributed by atoms with van der Waals surface area (Å²) < 4.78 is 0.928. The first-order chi connectivity index (χ1) is 8.65. The van der Waals surface area contributed by atoms with E-state index in [-0.39, 0.29) is 5.91 Å². The van der Waals surface area contributed by atoms with Crippen LogP contribution < -0.4 is 10.6 Å². The fourth-order valence-corrected chi connectivity index (χ4v) is 2.88. The molecule has 98 valence electrons. The summed E-state index contributed by atoms with van der Waals surface area (Å²) in [7, 11) is 0. The van der Waals surface area contributed by atoms with Crippen molar-refractivity contribution >= 4 is 27.5 Å². The van der Waals surface area contributed by atoms with Crippen molar-refractivity contribution in [3.05, 3.63) is 28.2 Å². The van der Waals surface area contributed by atoms with E-state index in [1.54, 1.807) is 0 Å². The maximum absolute atomic E-state index is 11.8. The highest BCUT2D eigenvalue weighted by molar-refractivity contribution is 9.10. The highest BCUT2D eigenvalue weighted by Crippen LogP contribution is 2.23. The Labute approximate surface area is 116 Å². The zero-order valence-corrected chi connectivity index (χ0v) is 12.2. The van der Waals surface area contributed by atoms with Crippen molar-refractivity contribution in [1.82, 2.24) is 5.32 Å². The lowest BCUT2D eigenvalue weighted by Gasteiger charge is -2.12. The van der Waals surface area contributed by atoms with Gasteiger partial charge in [-0.05, 0) is 53.4 Å². The third-order valence-electron chi connectivity index (χ3n) is 3.31. The number of benzene rings is 1. The van der Waals surface area contributed by atoms with Gasteiger partial charge < -0.3 is 10.6 Å². The van der Waals surface area contributed by atoms with Crippen LogP contribution in [0.4, 0.5) is 5.69 Å². The molecule has 0 bridgehead atoms. The van der Waals surface area contributed by atoms with E-state index >= 15 is 0 Å². The molecule has 0 heterocycles. The summed E-state index contributed by atoms with van der Waals surface area (Å²) in [6, 6.07) is 6.44. The lowest BCUT2D eigenvalue weighted by atomic mass is 10.2. The minimum absolute atomic E-state index is 0.0199. The summed E-state index contributed by atoms with van der Waals surface area (Å²) in [5.74, 6) is 0.0199. The molecule has 0 unspecified atom stereocenters. The summed E-state index contributed by atoms with van der Waals surface area (Å²) >= 11 is 3.46. The van der Waals surface area contributed by atoms with Crippen LogP contribution in [0.3, 0.4) is 0 Å². The third kappa shape index (κ3) is 3.82. The van der Waals surface area contributed by atoms with E-state index in [0.29, 0.717) is 12.6 Å². The van der Waals surface area contributed by atoms with E-state index in [2.05, 4.69) is 26.6 Å². The molecule has 1 aromatic rings. The Balaban J connectivity index is 1.82. The smallest absolute Gasteiger partial charge is 0.238 e. The highest BCUT2D eigenvalue weighted by Gasteiger charge is 2.15. The van der Waals surface area contributed by atoms with Crippen LogP contribution in [-0.4, -0.2) is 18.5 Å². The molecule has 1 aromatic carbocycles. The van der Waals surface area contributed by atoms with Gasteiger partial charge in [-0.15, -0.1) is 0 Å². The molecule has 1 amide bonds. The molecule has 1 aliphatic rings. The summed E-state index contributed by atoms with van der Waals surface area (Å²) in [4.78, 5) is 11.8. The number of halogens is 1. The van der Waals surface area contributed by atoms with E-state index in [4.69, 9.17) is 0 Å². The standard InChI is InChI=1S/C14H19BrN2O/c1-10-6-7-13(12(15)8-10)17-14(18)9-16-11-4-2-3-5-11/h6-8,11,16H,2-5,9H2,1H3,(H,17,18). The quantitative estimate of drug-likeness (QED) is 0.896. The van der Waals surface area contributed by atoms with Crippen LogP contribution in [-0.2, 0) is 4.79 Å². The molecule has 2 N–H and O–H groups in total. The van der Waals surface area contributed by atoms with Crippen molar-refractivity contribution in [1.29, 1.82) is 0 Å². The number of hydrogen-bond donors (Lipinski definition) is 2. The van der Waals surface area contributed by atoms with E-state index in [1.807, 2.05) is 25.1 Å². The number of amides is 1. The Morgan fingerprint density at radius 3 is 2.78 bits per heavy atom. The van der Waals surface area contributed by atoms with Gasteiger partial charge in [0.2, 0.25) is 5.91 Å². The summed E-state index contributed by atoms with van der Waals surface area (Å²) in [5, 5.41) is 6.22. The zero-order valence-electron chi connectivity index (χ0n) is 10.6. The van der Waals surface area contributed by atoms with Gasteiger partial charge in [0, 0.05) is 10.5 Å². The molecule has 1 aliphatic carbocycles. The Bertz CT molecular complexity index is 428. The van der Waals surface area contributed by atoms with Gasteiger partial charge in [-0.2, -0.15) is 0 Å². The van der Waals surface area contributed by atoms with E-state index < -0.39 is 0 Å². The molecule has 0 aromatic heterocycles. The molecule has 0 aliphatic heterocycles. The van der Waals surface area contributed by atoms with Gasteiger partial charge in [0.15, 0.2) is 0 Å². The molecule has 0 radical (unpaired) electrons. The van der Waals surface area contributed by atoms with Crippen LogP contribution in [0.5, 0.6) is 0 Å². The van der Waals surface area contributed by atoms with Crippen molar-refractivity contribution in [3.8, 4) is 0 Å². The average molecular weight is 311 g/mol. The van der Waals surface area contributed by atoms with Gasteiger partial charge in [-0.1, -0.05) is 18.9 Å². The van der Waals surface area contributed by atoms with Crippen LogP contribution in [0.15, 0.2) is 22.7 Å². The number of carbonyl (C=O) groups excluding carboxylic acids is 1. The van der Waals surface area contributed by atoms with Crippen LogP contribution >= 0.6 is 15.9 Å². The van der Waals surface area contributed by atoms with Crippen LogP contribution in [0.25, 0.3) is 0 Å². The Morgan fingerprint density at radius 2 is 2.11 bits per heavy atom. The third-order valence-corrected chi connectivity index (χ3v) is 3.96. The normalized spacial score (nSPS) is 15.9. The zero-order chi connectivity index (χ0) is 13.0. The van der Waals surface area contributed by atoms with Crippen LogP contribution in [0.2, 0.25) is 0 Å². The molecule has 2 rings (SSSR count). The lowest BCUT2D eigenvalue weighted by Crippen LogP contribution is -2.34. The summed E-state index contributed by atoms with van der Waals surface area (Å²) in [6.45, 7) is 2.42. The van der Waals surface area contributed by atoms with E-state index in [1.165, 1.54) is 31.2 Å². The number of aryl methyl sites for hydroxylation is 1. The number of nitrogens with one attached hydrogen (secondary N) is 2. The van der Waals surface area contributed by atoms with E-state index in [9.17, 15) is 4.79 Å². The monoisotopic (exact) mass is 310 g/mol. The minimum atomic E-state index is 0.0199. The molecule has 0 saturated heterocycles. The SMILES string of the molecule is Cc1ccc(NC(=O)CNC2CCCC2)c(Br)c1. The lowest BCUT2D eigenvalue weighted by molar-refractivity contribution is -0.115. The largest absolute Gasteiger partial charge is 0.324 e. The minimum Gasteiger partial charge on any atom is -0.324 e. The molecule has 4 heteroatoms. The van der Waals surface area contributed by atoms with Crippen LogP contribution in [0.1, 0.15) is 31.2 Å². The first-order valence-electron chi connectivity index (χ1n) is 6.44. The van der Waals surface area contributed by atoms with Gasteiger partial charge in [0.05, 0.1) is 12.2 Å². The van der Waals surface area contributed by atoms with Crippen LogP contribution in [0, 0.1) is 6.92 Å². The van der Waals surface area contributed by atoms with Gasteiger partial charge in [0.1, 0.15) is 0 Å². The Hall–Kier alpha value is -0.870. The van der Waals surface area contributed by atoms with Gasteiger partial charge in [-0.25, -0.2) is 0 Å². The van der Waals surface area contributed by atoms with Gasteiger partial charge in [0.25, 0.3) is 0 Å². The number of hydrogen-bond acceptors (Lipinski definition) is 2. The number of carbonyl (C=O) groups is 1. The first kappa shape index (κ1) is 13.6. The highest BCUT2D eigenvalue weighted by atomic mass is 79.9. The maximum Gasteiger partial charge on any atom is 0.238 e. The van der Waals surface area contributed by atoms with Gasteiger partial charge >= 0.3 is 0 Å². The van der Waals surface area contributed by atoms with Crippen molar-refractivity contribution in [2.45, 2.75) is 38.6 Å². The molecular formula is C14H19BrN2O. The molecule has 1 fully saturated rings. The number of rotatable bonds is 4. The fourth-order valence-electron chi connectivity index (χ4n) is 2.28. The molecule has 0 atom stereocenters. The van der Waals surface area contributed by atoms with Crippen molar-refractivity contribution in [2.75, 3.05) is 11.9 Å². The Morgan fingerprint density at radius 1 is 1.39 bits per heavy atom. The average Bonchev–Trinajstić information content (AvgIpc) is 2.83. The second-order valence-electron chi connectivity index (χ2n) is 4.89. The summed E-state index contributed by atoms with van der Waals surface area (Å²) in [6.07, 6.45) is 4.95. The van der Waals surface area contributed by atoms with Crippen molar-refractivity contribution in [3.63, 3.8) is 0 Å². The number of anilines is 1. The second-order valence-corrected chi connectivity index (χ2v) is 5.75. The fraction of sp³-hybridized carbons (Fsp3) is 0.500. The molecular weight excluding hydrogens is 292 g/mol. The predicted octanol–water partition coefficient (Wildman–Crippen LogP) is 3.23.